The number of carbonyl (C=O) groups is 1. The van der Waals surface area contributed by atoms with Gasteiger partial charge in [0.1, 0.15) is 11.6 Å². The third-order valence-electron chi connectivity index (χ3n) is 4.12. The number of hydrogen-bond acceptors (Lipinski definition) is 3. The quantitative estimate of drug-likeness (QED) is 0.616. The molecular formula is C21H18F2N2O3S. The Balaban J connectivity index is 1.73. The molecule has 0 heterocycles. The van der Waals surface area contributed by atoms with E-state index in [4.69, 9.17) is 0 Å². The number of rotatable bonds is 7. The fourth-order valence-electron chi connectivity index (χ4n) is 2.67. The topological polar surface area (TPSA) is 75.3 Å². The van der Waals surface area contributed by atoms with Gasteiger partial charge in [-0.3, -0.25) is 4.79 Å². The lowest BCUT2D eigenvalue weighted by atomic mass is 10.2. The highest BCUT2D eigenvalue weighted by Crippen LogP contribution is 2.18. The number of anilines is 1. The van der Waals surface area contributed by atoms with Crippen molar-refractivity contribution >= 4 is 21.6 Å². The molecule has 5 nitrogen and oxygen atoms in total. The summed E-state index contributed by atoms with van der Waals surface area (Å²) in [6.07, 6.45) is 0.480. The molecule has 0 fully saturated rings. The van der Waals surface area contributed by atoms with E-state index in [9.17, 15) is 22.0 Å². The van der Waals surface area contributed by atoms with Gasteiger partial charge in [-0.25, -0.2) is 21.9 Å². The van der Waals surface area contributed by atoms with E-state index < -0.39 is 33.1 Å². The van der Waals surface area contributed by atoms with Crippen molar-refractivity contribution in [2.45, 2.75) is 11.3 Å². The normalized spacial score (nSPS) is 11.2. The zero-order valence-electron chi connectivity index (χ0n) is 15.2. The SMILES string of the molecule is O=C(Nc1cccc(F)c1)c1cc(S(=O)(=O)NCCc2ccccc2)ccc1F. The molecule has 0 unspecified atom stereocenters. The van der Waals surface area contributed by atoms with Crippen molar-refractivity contribution in [2.75, 3.05) is 11.9 Å². The summed E-state index contributed by atoms with van der Waals surface area (Å²) in [6.45, 7) is 0.147. The molecule has 1 amide bonds. The van der Waals surface area contributed by atoms with Gasteiger partial charge in [0.15, 0.2) is 0 Å². The van der Waals surface area contributed by atoms with Crippen molar-refractivity contribution < 1.29 is 22.0 Å². The molecule has 0 atom stereocenters. The van der Waals surface area contributed by atoms with Gasteiger partial charge in [0.25, 0.3) is 5.91 Å². The maximum atomic E-state index is 14.1. The second kappa shape index (κ2) is 8.93. The first kappa shape index (κ1) is 20.6. The van der Waals surface area contributed by atoms with Gasteiger partial charge < -0.3 is 5.32 Å². The number of halogens is 2. The summed E-state index contributed by atoms with van der Waals surface area (Å²) in [5.74, 6) is -2.33. The molecule has 0 aliphatic carbocycles. The summed E-state index contributed by atoms with van der Waals surface area (Å²) in [6, 6.07) is 17.4. The van der Waals surface area contributed by atoms with Crippen molar-refractivity contribution in [3.05, 3.63) is 95.6 Å². The van der Waals surface area contributed by atoms with E-state index >= 15 is 0 Å². The Hall–Kier alpha value is -3.10. The number of benzene rings is 3. The maximum Gasteiger partial charge on any atom is 0.258 e. The smallest absolute Gasteiger partial charge is 0.258 e. The molecule has 3 aromatic carbocycles. The lowest BCUT2D eigenvalue weighted by Crippen LogP contribution is -2.26. The molecular weight excluding hydrogens is 398 g/mol. The first-order chi connectivity index (χ1) is 13.8. The monoisotopic (exact) mass is 416 g/mol. The van der Waals surface area contributed by atoms with Crippen LogP contribution in [0.15, 0.2) is 77.7 Å². The van der Waals surface area contributed by atoms with Crippen LogP contribution in [0.4, 0.5) is 14.5 Å². The second-order valence-electron chi connectivity index (χ2n) is 6.24. The number of hydrogen-bond donors (Lipinski definition) is 2. The minimum atomic E-state index is -3.94. The first-order valence-electron chi connectivity index (χ1n) is 8.75. The Kier molecular flexibility index (Phi) is 6.36. The number of nitrogens with one attached hydrogen (secondary N) is 2. The molecule has 0 radical (unpaired) electrons. The molecule has 0 bridgehead atoms. The van der Waals surface area contributed by atoms with Crippen molar-refractivity contribution in [2.24, 2.45) is 0 Å². The summed E-state index contributed by atoms with van der Waals surface area (Å²) in [4.78, 5) is 12.1. The highest BCUT2D eigenvalue weighted by atomic mass is 32.2. The van der Waals surface area contributed by atoms with Gasteiger partial charge in [0.05, 0.1) is 10.5 Å². The average Bonchev–Trinajstić information content (AvgIpc) is 2.69. The maximum absolute atomic E-state index is 14.1. The number of carbonyl (C=O) groups excluding carboxylic acids is 1. The van der Waals surface area contributed by atoms with Crippen LogP contribution in [0, 0.1) is 11.6 Å². The zero-order valence-corrected chi connectivity index (χ0v) is 16.0. The molecule has 8 heteroatoms. The van der Waals surface area contributed by atoms with Crippen LogP contribution in [0.5, 0.6) is 0 Å². The predicted octanol–water partition coefficient (Wildman–Crippen LogP) is 3.74. The molecule has 2 N–H and O–H groups in total. The van der Waals surface area contributed by atoms with Gasteiger partial charge in [-0.1, -0.05) is 36.4 Å². The Morgan fingerprint density at radius 2 is 1.66 bits per heavy atom. The van der Waals surface area contributed by atoms with E-state index in [0.29, 0.717) is 6.42 Å². The molecule has 0 saturated heterocycles. The van der Waals surface area contributed by atoms with Crippen molar-refractivity contribution in [1.82, 2.24) is 4.72 Å². The number of amides is 1. The minimum absolute atomic E-state index is 0.128. The molecule has 3 rings (SSSR count). The van der Waals surface area contributed by atoms with Crippen molar-refractivity contribution in [1.29, 1.82) is 0 Å². The van der Waals surface area contributed by atoms with Gasteiger partial charge in [-0.05, 0) is 48.4 Å². The Morgan fingerprint density at radius 3 is 2.38 bits per heavy atom. The molecule has 0 aromatic heterocycles. The van der Waals surface area contributed by atoms with Gasteiger partial charge >= 0.3 is 0 Å². The van der Waals surface area contributed by atoms with Gasteiger partial charge in [0, 0.05) is 12.2 Å². The molecule has 0 aliphatic rings. The van der Waals surface area contributed by atoms with Crippen LogP contribution in [0.25, 0.3) is 0 Å². The molecule has 0 spiro atoms. The largest absolute Gasteiger partial charge is 0.322 e. The minimum Gasteiger partial charge on any atom is -0.322 e. The number of sulfonamides is 1. The van der Waals surface area contributed by atoms with Gasteiger partial charge in [0.2, 0.25) is 10.0 Å². The Bertz CT molecular complexity index is 1120. The summed E-state index contributed by atoms with van der Waals surface area (Å²) in [7, 11) is -3.94. The van der Waals surface area contributed by atoms with E-state index in [1.54, 1.807) is 0 Å². The third kappa shape index (κ3) is 5.46. The lowest BCUT2D eigenvalue weighted by Gasteiger charge is -2.10. The van der Waals surface area contributed by atoms with E-state index in [1.807, 2.05) is 30.3 Å². The van der Waals surface area contributed by atoms with Crippen molar-refractivity contribution in [3.63, 3.8) is 0 Å². The first-order valence-corrected chi connectivity index (χ1v) is 10.2. The van der Waals surface area contributed by atoms with E-state index in [1.165, 1.54) is 18.2 Å². The summed E-state index contributed by atoms with van der Waals surface area (Å²) < 4.78 is 54.8. The zero-order chi connectivity index (χ0) is 20.9. The van der Waals surface area contributed by atoms with Crippen LogP contribution in [-0.4, -0.2) is 20.9 Å². The summed E-state index contributed by atoms with van der Waals surface area (Å²) >= 11 is 0. The van der Waals surface area contributed by atoms with Crippen LogP contribution in [-0.2, 0) is 16.4 Å². The lowest BCUT2D eigenvalue weighted by molar-refractivity contribution is 0.102. The van der Waals surface area contributed by atoms with E-state index in [0.717, 1.165) is 29.8 Å². The van der Waals surface area contributed by atoms with Gasteiger partial charge in [-0.15, -0.1) is 0 Å². The summed E-state index contributed by atoms with van der Waals surface area (Å²) in [5, 5.41) is 2.35. The third-order valence-corrected chi connectivity index (χ3v) is 5.58. The molecule has 0 saturated carbocycles. The second-order valence-corrected chi connectivity index (χ2v) is 8.01. The average molecular weight is 416 g/mol. The fourth-order valence-corrected chi connectivity index (χ4v) is 3.73. The molecule has 3 aromatic rings. The Morgan fingerprint density at radius 1 is 0.897 bits per heavy atom. The van der Waals surface area contributed by atoms with Crippen LogP contribution >= 0.6 is 0 Å². The van der Waals surface area contributed by atoms with Crippen molar-refractivity contribution in [3.8, 4) is 0 Å². The molecule has 0 aliphatic heterocycles. The van der Waals surface area contributed by atoms with Crippen LogP contribution in [0.2, 0.25) is 0 Å². The predicted molar refractivity (Wildman–Crippen MR) is 106 cm³/mol. The van der Waals surface area contributed by atoms with E-state index in [-0.39, 0.29) is 17.1 Å². The summed E-state index contributed by atoms with van der Waals surface area (Å²) in [5.41, 5.74) is 0.633. The Labute approximate surface area is 167 Å². The highest BCUT2D eigenvalue weighted by Gasteiger charge is 2.19. The van der Waals surface area contributed by atoms with Gasteiger partial charge in [-0.2, -0.15) is 0 Å². The van der Waals surface area contributed by atoms with Crippen LogP contribution < -0.4 is 10.0 Å². The molecule has 29 heavy (non-hydrogen) atoms. The highest BCUT2D eigenvalue weighted by molar-refractivity contribution is 7.89. The molecule has 150 valence electrons. The fraction of sp³-hybridized carbons (Fsp3) is 0.0952. The van der Waals surface area contributed by atoms with Crippen LogP contribution in [0.1, 0.15) is 15.9 Å². The van der Waals surface area contributed by atoms with Crippen LogP contribution in [0.3, 0.4) is 0 Å². The standard InChI is InChI=1S/C21H18F2N2O3S/c22-16-7-4-8-17(13-16)25-21(26)19-14-18(9-10-20(19)23)29(27,28)24-12-11-15-5-2-1-3-6-15/h1-10,13-14,24H,11-12H2,(H,25,26). The van der Waals surface area contributed by atoms with E-state index in [2.05, 4.69) is 10.0 Å².